The Bertz CT molecular complexity index is 680. The number of nitro benzene ring substituents is 1. The van der Waals surface area contributed by atoms with Crippen molar-refractivity contribution in [3.05, 3.63) is 28.3 Å². The highest BCUT2D eigenvalue weighted by Crippen LogP contribution is 2.23. The number of benzene rings is 1. The van der Waals surface area contributed by atoms with Gasteiger partial charge < -0.3 is 15.1 Å². The highest BCUT2D eigenvalue weighted by molar-refractivity contribution is 5.84. The molecule has 1 aromatic heterocycles. The highest BCUT2D eigenvalue weighted by atomic mass is 16.6. The first-order valence-corrected chi connectivity index (χ1v) is 6.48. The summed E-state index contributed by atoms with van der Waals surface area (Å²) < 4.78 is 5.40. The van der Waals surface area contributed by atoms with Crippen molar-refractivity contribution in [2.75, 3.05) is 5.32 Å². The van der Waals surface area contributed by atoms with Crippen LogP contribution in [0.3, 0.4) is 0 Å². The van der Waals surface area contributed by atoms with Crippen LogP contribution in [0.4, 0.5) is 11.7 Å². The molecule has 0 saturated carbocycles. The van der Waals surface area contributed by atoms with Gasteiger partial charge >= 0.3 is 0 Å². The van der Waals surface area contributed by atoms with Gasteiger partial charge in [0.2, 0.25) is 5.91 Å². The molecule has 0 aliphatic heterocycles. The fourth-order valence-electron chi connectivity index (χ4n) is 1.75. The average Bonchev–Trinajstić information content (AvgIpc) is 2.78. The number of rotatable bonds is 5. The Kier molecular flexibility index (Phi) is 4.06. The fraction of sp³-hybridized carbons (Fsp3) is 0.385. The average molecular weight is 292 g/mol. The number of anilines is 1. The Morgan fingerprint density at radius 1 is 1.38 bits per heavy atom. The third-order valence-electron chi connectivity index (χ3n) is 2.75. The molecule has 0 bridgehead atoms. The molecule has 2 aromatic rings. The fourth-order valence-corrected chi connectivity index (χ4v) is 1.75. The molecule has 21 heavy (non-hydrogen) atoms. The first-order valence-electron chi connectivity index (χ1n) is 6.48. The number of hydrogen-bond acceptors (Lipinski definition) is 6. The number of nitrogens with zero attached hydrogens (tertiary/aromatic N) is 2. The number of oxazole rings is 1. The van der Waals surface area contributed by atoms with Gasteiger partial charge in [-0.3, -0.25) is 14.9 Å². The van der Waals surface area contributed by atoms with Gasteiger partial charge in [-0.1, -0.05) is 0 Å². The molecule has 8 heteroatoms. The van der Waals surface area contributed by atoms with Crippen LogP contribution in [-0.2, 0) is 4.79 Å². The van der Waals surface area contributed by atoms with E-state index >= 15 is 0 Å². The molecule has 8 nitrogen and oxygen atoms in total. The smallest absolute Gasteiger partial charge is 0.296 e. The molecule has 1 unspecified atom stereocenters. The normalized spacial score (nSPS) is 12.4. The Hall–Kier alpha value is -2.64. The minimum atomic E-state index is -0.532. The quantitative estimate of drug-likeness (QED) is 0.644. The number of fused-ring (bicyclic) bond motifs is 1. The molecule has 112 valence electrons. The number of hydrogen-bond donors (Lipinski definition) is 2. The van der Waals surface area contributed by atoms with E-state index in [1.165, 1.54) is 18.2 Å². The number of aromatic nitrogens is 1. The second kappa shape index (κ2) is 5.78. The van der Waals surface area contributed by atoms with Crippen molar-refractivity contribution in [2.24, 2.45) is 0 Å². The van der Waals surface area contributed by atoms with Crippen LogP contribution in [0.5, 0.6) is 0 Å². The van der Waals surface area contributed by atoms with Crippen molar-refractivity contribution < 1.29 is 14.1 Å². The topological polar surface area (TPSA) is 110 Å². The molecule has 2 rings (SSSR count). The third-order valence-corrected chi connectivity index (χ3v) is 2.75. The number of nitrogens with one attached hydrogen (secondary N) is 2. The van der Waals surface area contributed by atoms with Gasteiger partial charge in [0.15, 0.2) is 5.58 Å². The molecule has 0 radical (unpaired) electrons. The number of nitro groups is 1. The Labute approximate surface area is 120 Å². The minimum absolute atomic E-state index is 0.0352. The monoisotopic (exact) mass is 292 g/mol. The Morgan fingerprint density at radius 2 is 2.10 bits per heavy atom. The van der Waals surface area contributed by atoms with Crippen LogP contribution in [0.1, 0.15) is 20.8 Å². The molecule has 1 heterocycles. The minimum Gasteiger partial charge on any atom is -0.424 e. The number of carbonyl (C=O) groups excluding carboxylic acids is 1. The second-order valence-electron chi connectivity index (χ2n) is 4.96. The summed E-state index contributed by atoms with van der Waals surface area (Å²) in [5.74, 6) is -0.182. The molecule has 0 fully saturated rings. The highest BCUT2D eigenvalue weighted by Gasteiger charge is 2.17. The molecule has 0 aliphatic carbocycles. The van der Waals surface area contributed by atoms with Gasteiger partial charge in [-0.05, 0) is 26.8 Å². The molecule has 2 N–H and O–H groups in total. The lowest BCUT2D eigenvalue weighted by Gasteiger charge is -2.14. The van der Waals surface area contributed by atoms with E-state index in [-0.39, 0.29) is 23.7 Å². The first-order chi connectivity index (χ1) is 9.86. The van der Waals surface area contributed by atoms with E-state index in [0.717, 1.165) is 0 Å². The SMILES string of the molecule is CC(C)NC(=O)C(C)Nc1nc2cc([N+](=O)[O-])ccc2o1. The summed E-state index contributed by atoms with van der Waals surface area (Å²) in [5, 5.41) is 16.3. The van der Waals surface area contributed by atoms with Crippen molar-refractivity contribution >= 4 is 28.7 Å². The molecule has 1 aromatic carbocycles. The molecular formula is C13H16N4O4. The Balaban J connectivity index is 2.16. The predicted octanol–water partition coefficient (Wildman–Crippen LogP) is 2.06. The maximum Gasteiger partial charge on any atom is 0.296 e. The van der Waals surface area contributed by atoms with Crippen LogP contribution in [0.15, 0.2) is 22.6 Å². The van der Waals surface area contributed by atoms with Crippen molar-refractivity contribution in [2.45, 2.75) is 32.9 Å². The van der Waals surface area contributed by atoms with Gasteiger partial charge in [0.05, 0.1) is 4.92 Å². The third kappa shape index (κ3) is 3.47. The summed E-state index contributed by atoms with van der Waals surface area (Å²) in [5.41, 5.74) is 0.718. The summed E-state index contributed by atoms with van der Waals surface area (Å²) in [7, 11) is 0. The van der Waals surface area contributed by atoms with E-state index in [4.69, 9.17) is 4.42 Å². The zero-order valence-electron chi connectivity index (χ0n) is 11.9. The van der Waals surface area contributed by atoms with Crippen molar-refractivity contribution in [3.63, 3.8) is 0 Å². The van der Waals surface area contributed by atoms with Crippen molar-refractivity contribution in [1.29, 1.82) is 0 Å². The van der Waals surface area contributed by atoms with Gasteiger partial charge in [0, 0.05) is 18.2 Å². The van der Waals surface area contributed by atoms with Crippen LogP contribution in [-0.4, -0.2) is 27.9 Å². The molecule has 0 saturated heterocycles. The van der Waals surface area contributed by atoms with E-state index in [1.54, 1.807) is 6.92 Å². The maximum absolute atomic E-state index is 11.8. The van der Waals surface area contributed by atoms with Gasteiger partial charge in [-0.2, -0.15) is 4.98 Å². The maximum atomic E-state index is 11.8. The van der Waals surface area contributed by atoms with E-state index in [1.807, 2.05) is 13.8 Å². The van der Waals surface area contributed by atoms with Crippen LogP contribution in [0.2, 0.25) is 0 Å². The summed E-state index contributed by atoms with van der Waals surface area (Å²) in [4.78, 5) is 26.1. The zero-order chi connectivity index (χ0) is 15.6. The summed E-state index contributed by atoms with van der Waals surface area (Å²) in [6, 6.07) is 3.79. The van der Waals surface area contributed by atoms with E-state index in [0.29, 0.717) is 11.1 Å². The standard InChI is InChI=1S/C13H16N4O4/c1-7(2)14-12(18)8(3)15-13-16-10-6-9(17(19)20)4-5-11(10)21-13/h4-8H,1-3H3,(H,14,18)(H,15,16). The van der Waals surface area contributed by atoms with Crippen LogP contribution in [0, 0.1) is 10.1 Å². The van der Waals surface area contributed by atoms with Gasteiger partial charge in [0.1, 0.15) is 11.6 Å². The first kappa shape index (κ1) is 14.8. The van der Waals surface area contributed by atoms with E-state index < -0.39 is 11.0 Å². The summed E-state index contributed by atoms with van der Waals surface area (Å²) in [6.07, 6.45) is 0. The van der Waals surface area contributed by atoms with E-state index in [9.17, 15) is 14.9 Å². The van der Waals surface area contributed by atoms with Crippen molar-refractivity contribution in [1.82, 2.24) is 10.3 Å². The van der Waals surface area contributed by atoms with Crippen molar-refractivity contribution in [3.8, 4) is 0 Å². The largest absolute Gasteiger partial charge is 0.424 e. The Morgan fingerprint density at radius 3 is 2.71 bits per heavy atom. The van der Waals surface area contributed by atoms with E-state index in [2.05, 4.69) is 15.6 Å². The van der Waals surface area contributed by atoms with Gasteiger partial charge in [-0.25, -0.2) is 0 Å². The van der Waals surface area contributed by atoms with Crippen LogP contribution >= 0.6 is 0 Å². The number of amides is 1. The second-order valence-corrected chi connectivity index (χ2v) is 4.96. The molecule has 1 atom stereocenters. The zero-order valence-corrected chi connectivity index (χ0v) is 11.9. The van der Waals surface area contributed by atoms with Crippen LogP contribution in [0.25, 0.3) is 11.1 Å². The summed E-state index contributed by atoms with van der Waals surface area (Å²) >= 11 is 0. The molecular weight excluding hydrogens is 276 g/mol. The number of carbonyl (C=O) groups is 1. The lowest BCUT2D eigenvalue weighted by atomic mass is 10.3. The lowest BCUT2D eigenvalue weighted by molar-refractivity contribution is -0.384. The van der Waals surface area contributed by atoms with Gasteiger partial charge in [-0.15, -0.1) is 0 Å². The number of non-ortho nitro benzene ring substituents is 1. The predicted molar refractivity (Wildman–Crippen MR) is 77.0 cm³/mol. The van der Waals surface area contributed by atoms with Gasteiger partial charge in [0.25, 0.3) is 11.7 Å². The molecule has 0 aliphatic rings. The molecule has 0 spiro atoms. The molecule has 1 amide bonds. The lowest BCUT2D eigenvalue weighted by Crippen LogP contribution is -2.41. The van der Waals surface area contributed by atoms with Crippen LogP contribution < -0.4 is 10.6 Å². The summed E-state index contributed by atoms with van der Waals surface area (Å²) in [6.45, 7) is 5.40.